The minimum absolute atomic E-state index is 0.138. The summed E-state index contributed by atoms with van der Waals surface area (Å²) in [6.07, 6.45) is 1.04. The number of carboxylic acids is 1. The van der Waals surface area contributed by atoms with Crippen molar-refractivity contribution in [3.8, 4) is 5.75 Å². The first kappa shape index (κ1) is 18.7. The lowest BCUT2D eigenvalue weighted by Crippen LogP contribution is -2.48. The van der Waals surface area contributed by atoms with Crippen LogP contribution in [0.5, 0.6) is 5.75 Å². The molecule has 134 valence electrons. The number of methoxy groups -OCH3 is 1. The summed E-state index contributed by atoms with van der Waals surface area (Å²) in [5, 5.41) is 9.25. The molecule has 0 aliphatic carbocycles. The smallest absolute Gasteiger partial charge is 0.308 e. The van der Waals surface area contributed by atoms with E-state index in [2.05, 4.69) is 0 Å². The van der Waals surface area contributed by atoms with Gasteiger partial charge >= 0.3 is 5.97 Å². The van der Waals surface area contributed by atoms with E-state index in [1.807, 2.05) is 0 Å². The first-order chi connectivity index (χ1) is 11.4. The van der Waals surface area contributed by atoms with Crippen LogP contribution in [0.25, 0.3) is 0 Å². The van der Waals surface area contributed by atoms with E-state index in [1.54, 1.807) is 26.2 Å². The summed E-state index contributed by atoms with van der Waals surface area (Å²) >= 11 is 0. The van der Waals surface area contributed by atoms with Gasteiger partial charge in [0.25, 0.3) is 0 Å². The summed E-state index contributed by atoms with van der Waals surface area (Å²) < 4.78 is 37.2. The molecule has 0 saturated carbocycles. The number of carbonyl (C=O) groups is 1. The molecule has 1 fully saturated rings. The second kappa shape index (κ2) is 7.96. The van der Waals surface area contributed by atoms with Gasteiger partial charge in [-0.2, -0.15) is 4.31 Å². The van der Waals surface area contributed by atoms with Crippen molar-refractivity contribution in [2.75, 3.05) is 26.9 Å². The number of benzene rings is 1. The van der Waals surface area contributed by atoms with Gasteiger partial charge in [0.05, 0.1) is 17.4 Å². The van der Waals surface area contributed by atoms with Crippen molar-refractivity contribution < 1.29 is 27.8 Å². The normalized spacial score (nSPS) is 22.2. The third kappa shape index (κ3) is 4.06. The average Bonchev–Trinajstić information content (AvgIpc) is 2.55. The molecule has 1 aliphatic rings. The van der Waals surface area contributed by atoms with Gasteiger partial charge in [-0.3, -0.25) is 4.79 Å². The number of piperidine rings is 1. The van der Waals surface area contributed by atoms with E-state index in [9.17, 15) is 18.3 Å². The molecule has 8 heteroatoms. The predicted molar refractivity (Wildman–Crippen MR) is 87.5 cm³/mol. The third-order valence-corrected chi connectivity index (χ3v) is 6.23. The lowest BCUT2D eigenvalue weighted by atomic mass is 9.92. The van der Waals surface area contributed by atoms with E-state index >= 15 is 0 Å². The van der Waals surface area contributed by atoms with Gasteiger partial charge in [-0.15, -0.1) is 0 Å². The van der Waals surface area contributed by atoms with Gasteiger partial charge in [-0.1, -0.05) is 0 Å². The Hall–Kier alpha value is -1.64. The number of ether oxygens (including phenoxy) is 2. The van der Waals surface area contributed by atoms with Crippen LogP contribution < -0.4 is 4.74 Å². The summed E-state index contributed by atoms with van der Waals surface area (Å²) in [5.74, 6) is -1.07. The highest BCUT2D eigenvalue weighted by Gasteiger charge is 2.39. The van der Waals surface area contributed by atoms with Crippen LogP contribution in [-0.4, -0.2) is 56.7 Å². The first-order valence-corrected chi connectivity index (χ1v) is 9.28. The van der Waals surface area contributed by atoms with Gasteiger partial charge in [0, 0.05) is 19.7 Å². The van der Waals surface area contributed by atoms with Crippen molar-refractivity contribution in [3.05, 3.63) is 24.3 Å². The van der Waals surface area contributed by atoms with Crippen LogP contribution in [0.1, 0.15) is 19.8 Å². The SMILES string of the molecule is COCCOc1ccc(S(=O)(=O)N2CCC[C@H](C(=O)O)[C@@H]2C)cc1. The Kier molecular flexibility index (Phi) is 6.20. The summed E-state index contributed by atoms with van der Waals surface area (Å²) in [7, 11) is -2.16. The summed E-state index contributed by atoms with van der Waals surface area (Å²) in [4.78, 5) is 11.4. The molecule has 0 radical (unpaired) electrons. The van der Waals surface area contributed by atoms with Crippen LogP contribution >= 0.6 is 0 Å². The zero-order valence-electron chi connectivity index (χ0n) is 13.8. The highest BCUT2D eigenvalue weighted by atomic mass is 32.2. The Labute approximate surface area is 142 Å². The summed E-state index contributed by atoms with van der Waals surface area (Å²) in [6.45, 7) is 2.81. The predicted octanol–water partition coefficient (Wildman–Crippen LogP) is 1.59. The zero-order valence-corrected chi connectivity index (χ0v) is 14.7. The molecule has 24 heavy (non-hydrogen) atoms. The summed E-state index contributed by atoms with van der Waals surface area (Å²) in [5.41, 5.74) is 0. The van der Waals surface area contributed by atoms with E-state index in [-0.39, 0.29) is 4.90 Å². The third-order valence-electron chi connectivity index (χ3n) is 4.23. The second-order valence-corrected chi connectivity index (χ2v) is 7.65. The van der Waals surface area contributed by atoms with Crippen LogP contribution in [0, 0.1) is 5.92 Å². The maximum Gasteiger partial charge on any atom is 0.308 e. The van der Waals surface area contributed by atoms with Crippen molar-refractivity contribution in [1.82, 2.24) is 4.31 Å². The fourth-order valence-corrected chi connectivity index (χ4v) is 4.57. The van der Waals surface area contributed by atoms with Gasteiger partial charge in [0.15, 0.2) is 0 Å². The molecule has 1 aromatic rings. The molecular weight excluding hydrogens is 334 g/mol. The van der Waals surface area contributed by atoms with Crippen LogP contribution in [0.15, 0.2) is 29.2 Å². The molecular formula is C16H23NO6S. The van der Waals surface area contributed by atoms with Crippen LogP contribution in [-0.2, 0) is 19.6 Å². The fourth-order valence-electron chi connectivity index (χ4n) is 2.87. The Morgan fingerprint density at radius 3 is 2.54 bits per heavy atom. The Morgan fingerprint density at radius 2 is 1.96 bits per heavy atom. The quantitative estimate of drug-likeness (QED) is 0.745. The van der Waals surface area contributed by atoms with E-state index in [0.717, 1.165) is 0 Å². The molecule has 7 nitrogen and oxygen atoms in total. The average molecular weight is 357 g/mol. The fraction of sp³-hybridized carbons (Fsp3) is 0.562. The van der Waals surface area contributed by atoms with Gasteiger partial charge in [0.2, 0.25) is 10.0 Å². The molecule has 0 unspecified atom stereocenters. The molecule has 2 rings (SSSR count). The Bertz CT molecular complexity index is 658. The van der Waals surface area contributed by atoms with Crippen molar-refractivity contribution in [1.29, 1.82) is 0 Å². The van der Waals surface area contributed by atoms with E-state index < -0.39 is 28.0 Å². The molecule has 2 atom stereocenters. The van der Waals surface area contributed by atoms with Crippen LogP contribution in [0.2, 0.25) is 0 Å². The topological polar surface area (TPSA) is 93.1 Å². The van der Waals surface area contributed by atoms with Gasteiger partial charge in [0.1, 0.15) is 12.4 Å². The molecule has 1 heterocycles. The van der Waals surface area contributed by atoms with Crippen LogP contribution in [0.3, 0.4) is 0 Å². The van der Waals surface area contributed by atoms with Crippen molar-refractivity contribution in [2.24, 2.45) is 5.92 Å². The minimum Gasteiger partial charge on any atom is -0.491 e. The molecule has 1 aliphatic heterocycles. The highest BCUT2D eigenvalue weighted by Crippen LogP contribution is 2.30. The van der Waals surface area contributed by atoms with Crippen molar-refractivity contribution in [2.45, 2.75) is 30.7 Å². The number of nitrogens with zero attached hydrogens (tertiary/aromatic N) is 1. The molecule has 0 spiro atoms. The number of hydrogen-bond acceptors (Lipinski definition) is 5. The molecule has 1 saturated heterocycles. The van der Waals surface area contributed by atoms with E-state index in [4.69, 9.17) is 9.47 Å². The van der Waals surface area contributed by atoms with Crippen LogP contribution in [0.4, 0.5) is 0 Å². The second-order valence-electron chi connectivity index (χ2n) is 5.76. The maximum atomic E-state index is 12.8. The highest BCUT2D eigenvalue weighted by molar-refractivity contribution is 7.89. The number of rotatable bonds is 7. The number of aliphatic carboxylic acids is 1. The standard InChI is InChI=1S/C16H23NO6S/c1-12-15(16(18)19)4-3-9-17(12)24(20,21)14-7-5-13(6-8-14)23-11-10-22-2/h5-8,12,15H,3-4,9-11H2,1-2H3,(H,18,19)/t12-,15-/m0/s1. The van der Waals surface area contributed by atoms with Gasteiger partial charge in [-0.25, -0.2) is 8.42 Å². The first-order valence-electron chi connectivity index (χ1n) is 7.84. The minimum atomic E-state index is -3.73. The molecule has 0 bridgehead atoms. The number of hydrogen-bond donors (Lipinski definition) is 1. The number of sulfonamides is 1. The van der Waals surface area contributed by atoms with Gasteiger partial charge < -0.3 is 14.6 Å². The largest absolute Gasteiger partial charge is 0.491 e. The van der Waals surface area contributed by atoms with E-state index in [0.29, 0.717) is 38.3 Å². The molecule has 0 amide bonds. The van der Waals surface area contributed by atoms with Gasteiger partial charge in [-0.05, 0) is 44.0 Å². The molecule has 1 N–H and O–H groups in total. The Morgan fingerprint density at radius 1 is 1.29 bits per heavy atom. The maximum absolute atomic E-state index is 12.8. The lowest BCUT2D eigenvalue weighted by Gasteiger charge is -2.36. The molecule has 1 aromatic carbocycles. The van der Waals surface area contributed by atoms with Crippen molar-refractivity contribution >= 4 is 16.0 Å². The lowest BCUT2D eigenvalue weighted by molar-refractivity contribution is -0.144. The zero-order chi connectivity index (χ0) is 17.7. The van der Waals surface area contributed by atoms with E-state index in [1.165, 1.54) is 16.4 Å². The van der Waals surface area contributed by atoms with Crippen molar-refractivity contribution in [3.63, 3.8) is 0 Å². The summed E-state index contributed by atoms with van der Waals surface area (Å²) in [6, 6.07) is 5.57. The Balaban J connectivity index is 2.15. The number of carboxylic acid groups (broad SMARTS) is 1. The molecule has 0 aromatic heterocycles. The monoisotopic (exact) mass is 357 g/mol.